The van der Waals surface area contributed by atoms with Gasteiger partial charge in [0, 0.05) is 62.7 Å². The van der Waals surface area contributed by atoms with Gasteiger partial charge in [0.15, 0.2) is 5.75 Å². The summed E-state index contributed by atoms with van der Waals surface area (Å²) in [6.45, 7) is 4.00. The smallest absolute Gasteiger partial charge is 0.245 e. The van der Waals surface area contributed by atoms with Gasteiger partial charge in [0.2, 0.25) is 11.8 Å². The summed E-state index contributed by atoms with van der Waals surface area (Å²) >= 11 is 6.37. The molecule has 2 atom stereocenters. The third kappa shape index (κ3) is 4.66. The number of aromatic nitrogens is 3. The number of rotatable bonds is 4. The van der Waals surface area contributed by atoms with Crippen molar-refractivity contribution in [2.24, 2.45) is 10.9 Å². The lowest BCUT2D eigenvalue weighted by Crippen LogP contribution is -2.49. The molecule has 7 rings (SSSR count). The number of nitrogens with zero attached hydrogens (tertiary/aromatic N) is 6. The number of fused-ring (bicyclic) bond motifs is 3. The molecule has 214 valence electrons. The molecule has 2 N–H and O–H groups in total. The van der Waals surface area contributed by atoms with Crippen LogP contribution in [0.5, 0.6) is 17.4 Å². The molecule has 0 bridgehead atoms. The Morgan fingerprint density at radius 2 is 2.07 bits per heavy atom. The summed E-state index contributed by atoms with van der Waals surface area (Å²) in [6, 6.07) is 9.56. The van der Waals surface area contributed by atoms with Gasteiger partial charge in [-0.1, -0.05) is 23.7 Å². The van der Waals surface area contributed by atoms with E-state index in [0.29, 0.717) is 54.9 Å². The molecule has 0 aliphatic carbocycles. The number of nitriles is 1. The predicted octanol–water partition coefficient (Wildman–Crippen LogP) is 4.74. The third-order valence-corrected chi connectivity index (χ3v) is 8.28. The van der Waals surface area contributed by atoms with Crippen molar-refractivity contribution in [1.82, 2.24) is 30.3 Å². The first-order chi connectivity index (χ1) is 20.9. The molecule has 0 spiro atoms. The van der Waals surface area contributed by atoms with Crippen LogP contribution in [0.4, 0.5) is 10.1 Å². The minimum absolute atomic E-state index is 0.00609. The number of hydrogen-bond acceptors (Lipinski definition) is 9. The van der Waals surface area contributed by atoms with Crippen molar-refractivity contribution in [1.29, 1.82) is 5.26 Å². The highest BCUT2D eigenvalue weighted by Gasteiger charge is 2.41. The van der Waals surface area contributed by atoms with Gasteiger partial charge in [-0.15, -0.1) is 0 Å². The summed E-state index contributed by atoms with van der Waals surface area (Å²) in [6.07, 6.45) is 3.86. The van der Waals surface area contributed by atoms with Crippen LogP contribution in [0.1, 0.15) is 24.1 Å². The number of aliphatic imine (C=N–C) groups is 1. The van der Waals surface area contributed by atoms with Crippen LogP contribution in [0.3, 0.4) is 0 Å². The lowest BCUT2D eigenvalue weighted by molar-refractivity contribution is 0.154. The first kappa shape index (κ1) is 25.6. The second kappa shape index (κ2) is 11.0. The zero-order valence-corrected chi connectivity index (χ0v) is 23.6. The van der Waals surface area contributed by atoms with Gasteiger partial charge in [-0.25, -0.2) is 14.4 Å². The molecule has 10 nitrogen and oxygen atoms in total. The van der Waals surface area contributed by atoms with Crippen LogP contribution in [0.2, 0.25) is 5.02 Å². The van der Waals surface area contributed by atoms with Crippen molar-refractivity contribution in [3.8, 4) is 23.4 Å². The molecule has 0 radical (unpaired) electrons. The Morgan fingerprint density at radius 3 is 2.90 bits per heavy atom. The predicted molar refractivity (Wildman–Crippen MR) is 156 cm³/mol. The lowest BCUT2D eigenvalue weighted by atomic mass is 9.88. The highest BCUT2D eigenvalue weighted by molar-refractivity contribution is 6.33. The van der Waals surface area contributed by atoms with Gasteiger partial charge in [0.1, 0.15) is 28.2 Å². The molecule has 12 heteroatoms. The molecule has 5 heterocycles. The number of halogens is 2. The number of H-pyrrole nitrogens is 1. The molecule has 0 saturated carbocycles. The number of aromatic amines is 1. The Labute approximate surface area is 248 Å². The molecule has 0 amide bonds. The molecule has 2 aromatic carbocycles. The molecule has 1 saturated heterocycles. The monoisotopic (exact) mass is 587 g/mol. The Morgan fingerprint density at radius 1 is 1.21 bits per heavy atom. The van der Waals surface area contributed by atoms with Gasteiger partial charge in [-0.2, -0.15) is 10.4 Å². The average Bonchev–Trinajstić information content (AvgIpc) is 3.48. The maximum atomic E-state index is 14.8. The summed E-state index contributed by atoms with van der Waals surface area (Å²) in [7, 11) is 2.05. The molecule has 2 unspecified atom stereocenters. The Balaban J connectivity index is 1.39. The fourth-order valence-electron chi connectivity index (χ4n) is 5.82. The van der Waals surface area contributed by atoms with E-state index in [4.69, 9.17) is 26.1 Å². The summed E-state index contributed by atoms with van der Waals surface area (Å²) in [5.74, 6) is -1.07. The number of pyridine rings is 1. The van der Waals surface area contributed by atoms with E-state index in [1.54, 1.807) is 6.07 Å². The number of benzene rings is 2. The number of likely N-dealkylation sites (N-methyl/N-ethyl adjacent to an activating group) is 1. The lowest BCUT2D eigenvalue weighted by Gasteiger charge is -2.39. The molecule has 4 aromatic rings. The summed E-state index contributed by atoms with van der Waals surface area (Å²) in [5, 5.41) is 20.8. The molecule has 3 aliphatic heterocycles. The van der Waals surface area contributed by atoms with E-state index in [-0.39, 0.29) is 28.2 Å². The number of hydrogen-bond donors (Lipinski definition) is 2. The standard InChI is InChI=1S/C30H28ClFN8O2/c1-39-10-6-17-3-2-4-24(21(17)16-39)41-29-19(14-33)27(40-11-8-34-9-12-40)18-5-7-35-30(26(18)37-29)42-28-20-15-36-38-23(20)13-22(32)25(28)31/h2-5,7,13,15,19,27,34H,6,8-12,16H2,1H3,(H,36,38)/i27D. The van der Waals surface area contributed by atoms with Crippen molar-refractivity contribution in [3.63, 3.8) is 0 Å². The quantitative estimate of drug-likeness (QED) is 0.352. The fraction of sp³-hybridized carbons (Fsp3) is 0.333. The minimum atomic E-state index is -1.58. The van der Waals surface area contributed by atoms with Crippen molar-refractivity contribution in [2.45, 2.75) is 19.0 Å². The van der Waals surface area contributed by atoms with E-state index in [1.807, 2.05) is 17.0 Å². The van der Waals surface area contributed by atoms with Gasteiger partial charge in [-0.05, 0) is 31.2 Å². The summed E-state index contributed by atoms with van der Waals surface area (Å²) < 4.78 is 37.4. The van der Waals surface area contributed by atoms with Crippen molar-refractivity contribution in [2.75, 3.05) is 39.8 Å². The molecule has 42 heavy (non-hydrogen) atoms. The molecule has 3 aliphatic rings. The summed E-state index contributed by atoms with van der Waals surface area (Å²) in [5.41, 5.74) is 3.25. The molecular weight excluding hydrogens is 559 g/mol. The topological polar surface area (TPSA) is 115 Å². The molecular formula is C30H28ClFN8O2. The average molecular weight is 588 g/mol. The van der Waals surface area contributed by atoms with Crippen LogP contribution in [-0.2, 0) is 13.0 Å². The van der Waals surface area contributed by atoms with E-state index in [1.165, 1.54) is 24.0 Å². The zero-order valence-electron chi connectivity index (χ0n) is 23.8. The maximum absolute atomic E-state index is 14.8. The Bertz CT molecular complexity index is 1800. The molecule has 1 fully saturated rings. The minimum Gasteiger partial charge on any atom is -0.441 e. The van der Waals surface area contributed by atoms with Crippen LogP contribution >= 0.6 is 11.6 Å². The van der Waals surface area contributed by atoms with E-state index in [9.17, 15) is 11.0 Å². The molecule has 2 aromatic heterocycles. The Kier molecular flexibility index (Phi) is 6.69. The van der Waals surface area contributed by atoms with Crippen molar-refractivity contribution >= 4 is 34.1 Å². The van der Waals surface area contributed by atoms with Gasteiger partial charge >= 0.3 is 0 Å². The number of ether oxygens (including phenoxy) is 2. The highest BCUT2D eigenvalue weighted by Crippen LogP contribution is 2.47. The fourth-order valence-corrected chi connectivity index (χ4v) is 6.02. The van der Waals surface area contributed by atoms with E-state index >= 15 is 0 Å². The van der Waals surface area contributed by atoms with E-state index in [0.717, 1.165) is 18.5 Å². The second-order valence-electron chi connectivity index (χ2n) is 10.6. The van der Waals surface area contributed by atoms with Crippen LogP contribution in [0.15, 0.2) is 47.7 Å². The third-order valence-electron chi connectivity index (χ3n) is 7.92. The second-order valence-corrected chi connectivity index (χ2v) is 10.9. The van der Waals surface area contributed by atoms with Crippen LogP contribution in [0, 0.1) is 23.1 Å². The normalized spacial score (nSPS) is 23.0. The van der Waals surface area contributed by atoms with Gasteiger partial charge in [-0.3, -0.25) is 10.00 Å². The Hall–Kier alpha value is -4.08. The first-order valence-corrected chi connectivity index (χ1v) is 14.2. The van der Waals surface area contributed by atoms with Crippen molar-refractivity contribution in [3.05, 3.63) is 70.3 Å². The van der Waals surface area contributed by atoms with Crippen molar-refractivity contribution < 1.29 is 15.2 Å². The van der Waals surface area contributed by atoms with Crippen LogP contribution < -0.4 is 14.8 Å². The van der Waals surface area contributed by atoms with Gasteiger partial charge < -0.3 is 19.7 Å². The van der Waals surface area contributed by atoms with Crippen LogP contribution in [-0.4, -0.2) is 70.7 Å². The van der Waals surface area contributed by atoms with E-state index < -0.39 is 17.8 Å². The van der Waals surface area contributed by atoms with E-state index in [2.05, 4.69) is 44.6 Å². The maximum Gasteiger partial charge on any atom is 0.245 e. The number of piperazine rings is 1. The zero-order chi connectivity index (χ0) is 29.7. The first-order valence-electron chi connectivity index (χ1n) is 14.3. The number of nitrogens with one attached hydrogen (secondary N) is 2. The largest absolute Gasteiger partial charge is 0.441 e. The highest BCUT2D eigenvalue weighted by atomic mass is 35.5. The van der Waals surface area contributed by atoms with Gasteiger partial charge in [0.05, 0.1) is 30.6 Å². The van der Waals surface area contributed by atoms with Crippen LogP contribution in [0.25, 0.3) is 10.9 Å². The summed E-state index contributed by atoms with van der Waals surface area (Å²) in [4.78, 5) is 13.4. The van der Waals surface area contributed by atoms with Gasteiger partial charge in [0.25, 0.3) is 0 Å². The SMILES string of the molecule is [2H]C1(N2CCNCC2)c2ccnc(Oc3c(Cl)c(F)cc4[nH]ncc34)c2N=C(Oc2cccc3c2CN(C)CC3)C1C#N.